The van der Waals surface area contributed by atoms with Crippen LogP contribution in [0.1, 0.15) is 52.1 Å². The van der Waals surface area contributed by atoms with Crippen LogP contribution in [0.25, 0.3) is 10.9 Å². The van der Waals surface area contributed by atoms with Gasteiger partial charge in [0.1, 0.15) is 6.54 Å². The molecule has 10 nitrogen and oxygen atoms in total. The van der Waals surface area contributed by atoms with Gasteiger partial charge in [0, 0.05) is 19.3 Å². The van der Waals surface area contributed by atoms with Crippen LogP contribution < -0.4 is 15.8 Å². The molecule has 1 aliphatic rings. The van der Waals surface area contributed by atoms with Crippen LogP contribution in [-0.2, 0) is 25.6 Å². The van der Waals surface area contributed by atoms with Crippen molar-refractivity contribution in [2.24, 2.45) is 0 Å². The van der Waals surface area contributed by atoms with E-state index in [0.29, 0.717) is 29.7 Å². The maximum Gasteiger partial charge on any atom is 0.307 e. The van der Waals surface area contributed by atoms with Crippen molar-refractivity contribution in [1.29, 1.82) is 0 Å². The molecule has 1 aromatic carbocycles. The predicted octanol–water partition coefficient (Wildman–Crippen LogP) is 3.49. The van der Waals surface area contributed by atoms with Crippen molar-refractivity contribution < 1.29 is 19.1 Å². The number of para-hydroxylation sites is 1. The van der Waals surface area contributed by atoms with E-state index in [1.165, 1.54) is 24.4 Å². The van der Waals surface area contributed by atoms with Crippen LogP contribution in [0.5, 0.6) is 0 Å². The molecule has 38 heavy (non-hydrogen) atoms. The Labute approximate surface area is 224 Å². The number of methoxy groups -OCH3 is 1. The first-order valence-electron chi connectivity index (χ1n) is 13.0. The Bertz CT molecular complexity index is 1220. The largest absolute Gasteiger partial charge is 0.469 e. The van der Waals surface area contributed by atoms with Crippen molar-refractivity contribution in [3.63, 3.8) is 0 Å². The molecule has 1 atom stereocenters. The van der Waals surface area contributed by atoms with E-state index in [2.05, 4.69) is 34.0 Å². The number of nitrogens with zero attached hydrogens (tertiary/aromatic N) is 4. The van der Waals surface area contributed by atoms with Crippen molar-refractivity contribution in [3.8, 4) is 0 Å². The van der Waals surface area contributed by atoms with E-state index in [9.17, 15) is 14.4 Å². The summed E-state index contributed by atoms with van der Waals surface area (Å²) in [6.45, 7) is 10.7. The van der Waals surface area contributed by atoms with E-state index in [0.717, 1.165) is 18.8 Å². The number of amides is 1. The number of pyridine rings is 1. The van der Waals surface area contributed by atoms with Crippen molar-refractivity contribution in [1.82, 2.24) is 19.9 Å². The minimum absolute atomic E-state index is 0.0681. The number of hydrogen-bond donors (Lipinski definition) is 1. The van der Waals surface area contributed by atoms with Gasteiger partial charge in [0.15, 0.2) is 0 Å². The van der Waals surface area contributed by atoms with E-state index >= 15 is 0 Å². The molecule has 0 radical (unpaired) electrons. The summed E-state index contributed by atoms with van der Waals surface area (Å²) in [4.78, 5) is 48.3. The number of benzene rings is 1. The molecule has 0 aliphatic carbocycles. The summed E-state index contributed by atoms with van der Waals surface area (Å²) in [7, 11) is 1.30. The molecule has 1 fully saturated rings. The number of fused-ring (bicyclic) bond motifs is 1. The van der Waals surface area contributed by atoms with Gasteiger partial charge >= 0.3 is 5.97 Å². The summed E-state index contributed by atoms with van der Waals surface area (Å²) in [5, 5.41) is 3.27. The number of nitrogens with one attached hydrogen (secondary N) is 1. The fourth-order valence-electron chi connectivity index (χ4n) is 3.75. The van der Waals surface area contributed by atoms with Gasteiger partial charge in [-0.05, 0) is 23.8 Å². The first kappa shape index (κ1) is 30.4. The highest BCUT2D eigenvalue weighted by atomic mass is 16.5. The molecule has 1 unspecified atom stereocenters. The molecule has 3 aromatic rings. The molecule has 1 amide bonds. The third-order valence-electron chi connectivity index (χ3n) is 5.50. The number of morpholine rings is 1. The Morgan fingerprint density at radius 2 is 1.82 bits per heavy atom. The first-order valence-corrected chi connectivity index (χ1v) is 13.0. The van der Waals surface area contributed by atoms with E-state index in [-0.39, 0.29) is 18.5 Å². The molecular weight excluding hydrogens is 486 g/mol. The molecular formula is C28H39N5O5. The molecule has 1 aliphatic heterocycles. The molecule has 1 N–H and O–H groups in total. The number of hydrogen-bond acceptors (Lipinski definition) is 8. The highest BCUT2D eigenvalue weighted by Gasteiger charge is 2.22. The number of carbonyl (C=O) groups is 2. The zero-order valence-electron chi connectivity index (χ0n) is 23.0. The van der Waals surface area contributed by atoms with Gasteiger partial charge in [-0.3, -0.25) is 23.9 Å². The van der Waals surface area contributed by atoms with Crippen LogP contribution in [0.4, 0.5) is 5.69 Å². The SMILES string of the molecule is CC.CCC.COC(=O)CC(NC(=O)Cn1cnc2ccccc2c1=O)c1cncc(N2CCOCC2)c1. The van der Waals surface area contributed by atoms with Crippen LogP contribution in [0, 0.1) is 0 Å². The molecule has 1 saturated heterocycles. The molecule has 4 rings (SSSR count). The summed E-state index contributed by atoms with van der Waals surface area (Å²) in [6, 6.07) is 8.18. The number of esters is 1. The Hall–Kier alpha value is -3.79. The lowest BCUT2D eigenvalue weighted by Crippen LogP contribution is -2.37. The van der Waals surface area contributed by atoms with Gasteiger partial charge < -0.3 is 19.7 Å². The monoisotopic (exact) mass is 525 g/mol. The summed E-state index contributed by atoms with van der Waals surface area (Å²) in [5.74, 6) is -0.901. The highest BCUT2D eigenvalue weighted by Crippen LogP contribution is 2.23. The lowest BCUT2D eigenvalue weighted by atomic mass is 10.0. The molecule has 206 valence electrons. The number of rotatable bonds is 7. The standard InChI is InChI=1S/C23H25N5O5.C3H8.C2H6/c1-32-22(30)11-20(16-10-17(13-24-12-16)27-6-8-33-9-7-27)26-21(29)14-28-15-25-19-5-3-2-4-18(19)23(28)31;1-3-2;1-2/h2-5,10,12-13,15,20H,6-9,11,14H2,1H3,(H,26,29);3H2,1-2H3;1-2H3. The van der Waals surface area contributed by atoms with Crippen molar-refractivity contribution in [3.05, 3.63) is 65.0 Å². The lowest BCUT2D eigenvalue weighted by molar-refractivity contribution is -0.141. The number of anilines is 1. The fraction of sp³-hybridized carbons (Fsp3) is 0.464. The number of ether oxygens (including phenoxy) is 2. The van der Waals surface area contributed by atoms with Gasteiger partial charge in [0.25, 0.3) is 5.56 Å². The lowest BCUT2D eigenvalue weighted by Gasteiger charge is -2.29. The second-order valence-electron chi connectivity index (χ2n) is 8.38. The molecule has 0 saturated carbocycles. The summed E-state index contributed by atoms with van der Waals surface area (Å²) < 4.78 is 11.5. The van der Waals surface area contributed by atoms with Crippen molar-refractivity contribution in [2.45, 2.75) is 53.1 Å². The van der Waals surface area contributed by atoms with Gasteiger partial charge in [-0.1, -0.05) is 46.2 Å². The quantitative estimate of drug-likeness (QED) is 0.466. The third-order valence-corrected chi connectivity index (χ3v) is 5.50. The van der Waals surface area contributed by atoms with E-state index in [4.69, 9.17) is 9.47 Å². The van der Waals surface area contributed by atoms with Crippen molar-refractivity contribution in [2.75, 3.05) is 38.3 Å². The normalized spacial score (nSPS) is 13.3. The van der Waals surface area contributed by atoms with Gasteiger partial charge in [0.05, 0.1) is 61.9 Å². The predicted molar refractivity (Wildman–Crippen MR) is 148 cm³/mol. The Morgan fingerprint density at radius 1 is 1.13 bits per heavy atom. The molecule has 0 bridgehead atoms. The van der Waals surface area contributed by atoms with Crippen LogP contribution in [0.15, 0.2) is 53.8 Å². The number of aromatic nitrogens is 3. The van der Waals surface area contributed by atoms with Gasteiger partial charge in [-0.25, -0.2) is 4.98 Å². The van der Waals surface area contributed by atoms with E-state index in [1.54, 1.807) is 36.7 Å². The number of carbonyl (C=O) groups excluding carboxylic acids is 2. The summed E-state index contributed by atoms with van der Waals surface area (Å²) in [5.41, 5.74) is 1.81. The third kappa shape index (κ3) is 8.65. The molecule has 2 aromatic heterocycles. The average molecular weight is 526 g/mol. The maximum atomic E-state index is 12.8. The van der Waals surface area contributed by atoms with Crippen LogP contribution in [0.2, 0.25) is 0 Å². The first-order chi connectivity index (χ1) is 18.5. The second kappa shape index (κ2) is 16.1. The maximum absolute atomic E-state index is 12.8. The zero-order valence-corrected chi connectivity index (χ0v) is 23.0. The second-order valence-corrected chi connectivity index (χ2v) is 8.38. The van der Waals surface area contributed by atoms with Crippen LogP contribution >= 0.6 is 0 Å². The fourth-order valence-corrected chi connectivity index (χ4v) is 3.75. The minimum Gasteiger partial charge on any atom is -0.469 e. The molecule has 10 heteroatoms. The van der Waals surface area contributed by atoms with E-state index in [1.807, 2.05) is 19.9 Å². The van der Waals surface area contributed by atoms with Crippen LogP contribution in [-0.4, -0.2) is 59.8 Å². The van der Waals surface area contributed by atoms with Gasteiger partial charge in [-0.2, -0.15) is 0 Å². The smallest absolute Gasteiger partial charge is 0.307 e. The zero-order chi connectivity index (χ0) is 27.9. The highest BCUT2D eigenvalue weighted by molar-refractivity contribution is 5.80. The van der Waals surface area contributed by atoms with Crippen molar-refractivity contribution >= 4 is 28.5 Å². The van der Waals surface area contributed by atoms with Gasteiger partial charge in [-0.15, -0.1) is 0 Å². The topological polar surface area (TPSA) is 116 Å². The Kier molecular flexibility index (Phi) is 12.9. The average Bonchev–Trinajstić information content (AvgIpc) is 2.96. The van der Waals surface area contributed by atoms with E-state index < -0.39 is 17.9 Å². The Balaban J connectivity index is 0.000000947. The summed E-state index contributed by atoms with van der Waals surface area (Å²) >= 11 is 0. The van der Waals surface area contributed by atoms with Gasteiger partial charge in [0.2, 0.25) is 5.91 Å². The Morgan fingerprint density at radius 3 is 2.50 bits per heavy atom. The van der Waals surface area contributed by atoms with Crippen LogP contribution in [0.3, 0.4) is 0 Å². The molecule has 3 heterocycles. The minimum atomic E-state index is -0.664. The molecule has 0 spiro atoms. The summed E-state index contributed by atoms with van der Waals surface area (Å²) in [6.07, 6.45) is 5.88.